The summed E-state index contributed by atoms with van der Waals surface area (Å²) < 4.78 is 54.5. The Labute approximate surface area is 308 Å². The molecule has 290 valence electrons. The molecule has 52 heavy (non-hydrogen) atoms. The van der Waals surface area contributed by atoms with Crippen molar-refractivity contribution >= 4 is 5.78 Å². The molecule has 0 aromatic rings. The summed E-state index contributed by atoms with van der Waals surface area (Å²) in [6, 6.07) is 0. The van der Waals surface area contributed by atoms with Crippen molar-refractivity contribution in [2.75, 3.05) is 6.54 Å². The van der Waals surface area contributed by atoms with Gasteiger partial charge in [0.05, 0.1) is 54.9 Å². The van der Waals surface area contributed by atoms with Gasteiger partial charge in [-0.15, -0.1) is 0 Å². The monoisotopic (exact) mass is 727 g/mol. The van der Waals surface area contributed by atoms with Crippen LogP contribution in [0.25, 0.3) is 0 Å². The van der Waals surface area contributed by atoms with E-state index >= 15 is 0 Å². The van der Waals surface area contributed by atoms with Crippen LogP contribution < -0.4 is 5.73 Å². The number of ether oxygens (including phenoxy) is 8. The molecule has 10 saturated heterocycles. The summed E-state index contributed by atoms with van der Waals surface area (Å²) in [6.07, 6.45) is 6.17. The van der Waals surface area contributed by atoms with Gasteiger partial charge in [-0.05, 0) is 80.8 Å². The Hall–Kier alpha value is -1.25. The third-order valence-corrected chi connectivity index (χ3v) is 14.6. The van der Waals surface area contributed by atoms with Crippen molar-refractivity contribution in [3.05, 3.63) is 24.3 Å². The van der Waals surface area contributed by atoms with Crippen LogP contribution in [0.3, 0.4) is 0 Å². The maximum atomic E-state index is 14.0. The predicted molar refractivity (Wildman–Crippen MR) is 189 cm³/mol. The highest BCUT2D eigenvalue weighted by molar-refractivity contribution is 5.79. The standard InChI is InChI=1S/C41H61NO10/c1-20-12-26-6-8-30-21(2)13-28(45-30)10-11-41-19-40(5)39(52-41)38-37(50-40)36(51-41)35-31(49-38)9-7-27(47-35)14-24(43)15-29-23(4)32(16-25(44)18-42)48-34(29)17-33(46-26)22(20)3/h20,23,25-39,44H,2-3,6-19,42H2,1,4-5H3/t20-,23-,25+,26+,27-,28+,29?,30?,31+,32?,33?,34+,35+,36+,37+,38-,39-,40+,41-/m1/s1. The number of aliphatic hydroxyl groups excluding tert-OH is 1. The van der Waals surface area contributed by atoms with Gasteiger partial charge in [-0.1, -0.05) is 27.0 Å². The number of hydrogen-bond acceptors (Lipinski definition) is 11. The first-order valence-corrected chi connectivity index (χ1v) is 20.5. The second-order valence-electron chi connectivity index (χ2n) is 18.3. The summed E-state index contributed by atoms with van der Waals surface area (Å²) in [5.41, 5.74) is 7.57. The fourth-order valence-electron chi connectivity index (χ4n) is 11.7. The van der Waals surface area contributed by atoms with E-state index in [1.54, 1.807) is 0 Å². The zero-order valence-electron chi connectivity index (χ0n) is 31.3. The van der Waals surface area contributed by atoms with E-state index in [0.717, 1.165) is 56.1 Å². The topological polar surface area (TPSA) is 137 Å². The van der Waals surface area contributed by atoms with Crippen LogP contribution in [0.4, 0.5) is 0 Å². The maximum absolute atomic E-state index is 14.0. The van der Waals surface area contributed by atoms with Gasteiger partial charge in [0.15, 0.2) is 5.79 Å². The minimum absolute atomic E-state index is 0.00566. The van der Waals surface area contributed by atoms with Crippen LogP contribution in [-0.4, -0.2) is 114 Å². The lowest BCUT2D eigenvalue weighted by Gasteiger charge is -2.47. The van der Waals surface area contributed by atoms with Crippen molar-refractivity contribution in [3.63, 3.8) is 0 Å². The Morgan fingerprint density at radius 3 is 2.40 bits per heavy atom. The van der Waals surface area contributed by atoms with E-state index < -0.39 is 17.5 Å². The average Bonchev–Trinajstić information content (AvgIpc) is 3.73. The number of aliphatic hydroxyl groups is 1. The van der Waals surface area contributed by atoms with E-state index in [-0.39, 0.29) is 104 Å². The molecule has 10 aliphatic heterocycles. The number of fused-ring (bicyclic) bond motifs is 6. The first-order valence-electron chi connectivity index (χ1n) is 20.5. The van der Waals surface area contributed by atoms with Crippen molar-refractivity contribution < 1.29 is 47.8 Å². The highest BCUT2D eigenvalue weighted by atomic mass is 16.8. The SMILES string of the molecule is C=C1C[C@@H]2CC[C@@]34C[C@]5(C)O[C@H]6[C@@H](O3)[C@H]3O[C@H](CC[C@@H]3O[C@H]6[C@H]5O4)CC(=O)CC3[C@@H](C)C(C[C@H](O)CN)O[C@H]3CC3O[C@@H](CCC1O2)C[C@@H](C)C3=C. The zero-order chi connectivity index (χ0) is 36.1. The third kappa shape index (κ3) is 6.40. The van der Waals surface area contributed by atoms with E-state index in [9.17, 15) is 9.90 Å². The molecule has 10 heterocycles. The quantitative estimate of drug-likeness (QED) is 0.399. The molecular formula is C41H61NO10. The van der Waals surface area contributed by atoms with Crippen LogP contribution in [0.2, 0.25) is 0 Å². The molecule has 11 nitrogen and oxygen atoms in total. The normalized spacial score (nSPS) is 53.8. The summed E-state index contributed by atoms with van der Waals surface area (Å²) >= 11 is 0. The van der Waals surface area contributed by atoms with Crippen molar-refractivity contribution in [2.24, 2.45) is 23.5 Å². The smallest absolute Gasteiger partial charge is 0.172 e. The summed E-state index contributed by atoms with van der Waals surface area (Å²) in [7, 11) is 0. The van der Waals surface area contributed by atoms with Gasteiger partial charge in [0.1, 0.15) is 41.9 Å². The van der Waals surface area contributed by atoms with Crippen molar-refractivity contribution in [2.45, 2.75) is 201 Å². The molecule has 10 fully saturated rings. The van der Waals surface area contributed by atoms with Gasteiger partial charge in [0.2, 0.25) is 0 Å². The lowest BCUT2D eigenvalue weighted by Crippen LogP contribution is -2.61. The molecule has 0 saturated carbocycles. The summed E-state index contributed by atoms with van der Waals surface area (Å²) in [6.45, 7) is 15.6. The molecule has 10 rings (SSSR count). The van der Waals surface area contributed by atoms with E-state index in [1.165, 1.54) is 0 Å². The minimum Gasteiger partial charge on any atom is -0.392 e. The van der Waals surface area contributed by atoms with Gasteiger partial charge in [0, 0.05) is 45.1 Å². The number of ketones is 1. The second kappa shape index (κ2) is 13.7. The Morgan fingerprint density at radius 2 is 1.58 bits per heavy atom. The van der Waals surface area contributed by atoms with Crippen LogP contribution in [0.15, 0.2) is 24.3 Å². The van der Waals surface area contributed by atoms with Gasteiger partial charge >= 0.3 is 0 Å². The molecule has 0 aromatic heterocycles. The lowest BCUT2D eigenvalue weighted by molar-refractivity contribution is -0.294. The van der Waals surface area contributed by atoms with Gasteiger partial charge in [-0.25, -0.2) is 0 Å². The van der Waals surface area contributed by atoms with E-state index in [1.807, 2.05) is 0 Å². The molecule has 0 radical (unpaired) electrons. The Bertz CT molecular complexity index is 1410. The van der Waals surface area contributed by atoms with Crippen LogP contribution in [-0.2, 0) is 42.7 Å². The van der Waals surface area contributed by atoms with Crippen LogP contribution in [0, 0.1) is 17.8 Å². The van der Waals surface area contributed by atoms with Crippen LogP contribution >= 0.6 is 0 Å². The number of carbonyl (C=O) groups is 1. The Morgan fingerprint density at radius 1 is 0.808 bits per heavy atom. The fraction of sp³-hybridized carbons (Fsp3) is 0.878. The Balaban J connectivity index is 0.994. The maximum Gasteiger partial charge on any atom is 0.172 e. The summed E-state index contributed by atoms with van der Waals surface area (Å²) in [5, 5.41) is 10.5. The molecule has 1 spiro atoms. The second-order valence-corrected chi connectivity index (χ2v) is 18.3. The number of nitrogens with two attached hydrogens (primary N) is 1. The molecule has 19 atom stereocenters. The lowest BCUT2D eigenvalue weighted by atomic mass is 9.78. The van der Waals surface area contributed by atoms with Crippen molar-refractivity contribution in [1.82, 2.24) is 0 Å². The van der Waals surface area contributed by atoms with Gasteiger partial charge < -0.3 is 48.7 Å². The molecule has 4 unspecified atom stereocenters. The van der Waals surface area contributed by atoms with Crippen LogP contribution in [0.5, 0.6) is 0 Å². The first kappa shape index (κ1) is 36.4. The number of Topliss-reactive ketones (excluding diaryl/α,β-unsaturated/α-hetero) is 1. The molecule has 0 aromatic carbocycles. The van der Waals surface area contributed by atoms with E-state index in [2.05, 4.69) is 33.9 Å². The number of rotatable bonds is 3. The molecule has 11 heteroatoms. The van der Waals surface area contributed by atoms with Crippen LogP contribution in [0.1, 0.15) is 104 Å². The summed E-state index contributed by atoms with van der Waals surface area (Å²) in [4.78, 5) is 14.0. The predicted octanol–water partition coefficient (Wildman–Crippen LogP) is 4.45. The molecular weight excluding hydrogens is 666 g/mol. The molecule has 12 bridgehead atoms. The van der Waals surface area contributed by atoms with Crippen molar-refractivity contribution in [1.29, 1.82) is 0 Å². The largest absolute Gasteiger partial charge is 0.392 e. The average molecular weight is 728 g/mol. The van der Waals surface area contributed by atoms with E-state index in [0.29, 0.717) is 44.4 Å². The minimum atomic E-state index is -0.803. The fourth-order valence-corrected chi connectivity index (χ4v) is 11.7. The van der Waals surface area contributed by atoms with Gasteiger partial charge in [0.25, 0.3) is 0 Å². The van der Waals surface area contributed by atoms with Crippen molar-refractivity contribution in [3.8, 4) is 0 Å². The number of carbonyl (C=O) groups excluding carboxylic acids is 1. The van der Waals surface area contributed by atoms with Gasteiger partial charge in [-0.2, -0.15) is 0 Å². The van der Waals surface area contributed by atoms with Gasteiger partial charge in [-0.3, -0.25) is 4.79 Å². The number of hydrogen-bond donors (Lipinski definition) is 2. The summed E-state index contributed by atoms with van der Waals surface area (Å²) in [5.74, 6) is -0.272. The highest BCUT2D eigenvalue weighted by Gasteiger charge is 2.73. The zero-order valence-corrected chi connectivity index (χ0v) is 31.3. The first-order chi connectivity index (χ1) is 24.9. The van der Waals surface area contributed by atoms with E-state index in [4.69, 9.17) is 43.6 Å². The molecule has 0 aliphatic carbocycles. The highest BCUT2D eigenvalue weighted by Crippen LogP contribution is 2.58. The molecule has 10 aliphatic rings. The Kier molecular flexibility index (Phi) is 9.62. The molecule has 0 amide bonds. The third-order valence-electron chi connectivity index (χ3n) is 14.6. The molecule has 3 N–H and O–H groups in total.